The van der Waals surface area contributed by atoms with E-state index in [2.05, 4.69) is 11.0 Å². The van der Waals surface area contributed by atoms with Crippen LogP contribution >= 0.6 is 0 Å². The molecule has 1 aromatic rings. The molecular weight excluding hydrogens is 371 g/mol. The Kier molecular flexibility index (Phi) is 5.30. The monoisotopic (exact) mass is 398 g/mol. The molecule has 5 atom stereocenters. The van der Waals surface area contributed by atoms with Crippen molar-refractivity contribution in [3.8, 4) is 6.07 Å². The van der Waals surface area contributed by atoms with Crippen LogP contribution in [0.25, 0.3) is 0 Å². The van der Waals surface area contributed by atoms with Crippen molar-refractivity contribution in [1.29, 1.82) is 5.26 Å². The van der Waals surface area contributed by atoms with Gasteiger partial charge in [-0.1, -0.05) is 19.1 Å². The molecule has 154 valence electrons. The van der Waals surface area contributed by atoms with Crippen LogP contribution in [-0.2, 0) is 9.59 Å². The molecule has 3 saturated heterocycles. The molecule has 6 nitrogen and oxygen atoms in total. The number of piperazine rings is 1. The third kappa shape index (κ3) is 3.51. The summed E-state index contributed by atoms with van der Waals surface area (Å²) in [5.41, 5.74) is 0.803. The molecule has 3 heterocycles. The molecule has 4 rings (SSSR count). The Hall–Kier alpha value is -2.46. The molecule has 0 aromatic heterocycles. The van der Waals surface area contributed by atoms with Crippen LogP contribution in [0.3, 0.4) is 0 Å². The van der Waals surface area contributed by atoms with Gasteiger partial charge < -0.3 is 9.80 Å². The van der Waals surface area contributed by atoms with Gasteiger partial charge in [0.2, 0.25) is 11.8 Å². The second-order valence-corrected chi connectivity index (χ2v) is 8.56. The van der Waals surface area contributed by atoms with Crippen LogP contribution in [0.15, 0.2) is 24.3 Å². The molecule has 2 amide bonds. The molecule has 0 radical (unpaired) electrons. The first-order chi connectivity index (χ1) is 13.9. The molecule has 0 N–H and O–H groups in total. The molecule has 3 fully saturated rings. The Morgan fingerprint density at radius 1 is 1.38 bits per heavy atom. The highest BCUT2D eigenvalue weighted by Gasteiger charge is 2.51. The maximum atomic E-state index is 13.6. The lowest BCUT2D eigenvalue weighted by atomic mass is 10.0. The summed E-state index contributed by atoms with van der Waals surface area (Å²) in [5, 5.41) is 9.24. The smallest absolute Gasteiger partial charge is 0.240 e. The molecule has 0 aliphatic carbocycles. The first-order valence-corrected chi connectivity index (χ1v) is 10.4. The number of hydrogen-bond acceptors (Lipinski definition) is 4. The van der Waals surface area contributed by atoms with Gasteiger partial charge in [-0.2, -0.15) is 5.26 Å². The summed E-state index contributed by atoms with van der Waals surface area (Å²) in [6, 6.07) is 8.04. The van der Waals surface area contributed by atoms with Gasteiger partial charge >= 0.3 is 0 Å². The second-order valence-electron chi connectivity index (χ2n) is 8.56. The van der Waals surface area contributed by atoms with E-state index in [1.807, 2.05) is 24.8 Å². The predicted molar refractivity (Wildman–Crippen MR) is 105 cm³/mol. The third-order valence-electron chi connectivity index (χ3n) is 6.68. The molecule has 7 heteroatoms. The minimum absolute atomic E-state index is 0.00857. The fourth-order valence-electron chi connectivity index (χ4n) is 5.20. The highest BCUT2D eigenvalue weighted by atomic mass is 19.1. The Balaban J connectivity index is 1.40. The Bertz CT molecular complexity index is 853. The van der Waals surface area contributed by atoms with Crippen LogP contribution in [-0.4, -0.2) is 64.3 Å². The first-order valence-electron chi connectivity index (χ1n) is 10.4. The summed E-state index contributed by atoms with van der Waals surface area (Å²) in [7, 11) is 0. The van der Waals surface area contributed by atoms with E-state index in [1.165, 1.54) is 12.1 Å². The van der Waals surface area contributed by atoms with Gasteiger partial charge in [-0.3, -0.25) is 14.5 Å². The summed E-state index contributed by atoms with van der Waals surface area (Å²) in [6.45, 7) is 5.74. The van der Waals surface area contributed by atoms with Gasteiger partial charge in [0.15, 0.2) is 0 Å². The summed E-state index contributed by atoms with van der Waals surface area (Å²) in [4.78, 5) is 31.5. The van der Waals surface area contributed by atoms with Crippen molar-refractivity contribution in [3.05, 3.63) is 35.6 Å². The van der Waals surface area contributed by atoms with Crippen LogP contribution in [0.2, 0.25) is 0 Å². The van der Waals surface area contributed by atoms with Crippen molar-refractivity contribution >= 4 is 11.8 Å². The van der Waals surface area contributed by atoms with Crippen LogP contribution < -0.4 is 0 Å². The minimum Gasteiger partial charge on any atom is -0.330 e. The average Bonchev–Trinajstić information content (AvgIpc) is 3.41. The van der Waals surface area contributed by atoms with Crippen molar-refractivity contribution in [1.82, 2.24) is 14.7 Å². The van der Waals surface area contributed by atoms with E-state index < -0.39 is 0 Å². The first kappa shape index (κ1) is 19.8. The Morgan fingerprint density at radius 2 is 2.17 bits per heavy atom. The number of likely N-dealkylation sites (tertiary alicyclic amines) is 3. The fourth-order valence-corrected chi connectivity index (χ4v) is 5.20. The van der Waals surface area contributed by atoms with Crippen LogP contribution in [0.5, 0.6) is 0 Å². The van der Waals surface area contributed by atoms with Gasteiger partial charge in [0.1, 0.15) is 11.9 Å². The zero-order chi connectivity index (χ0) is 20.7. The fraction of sp³-hybridized carbons (Fsp3) is 0.591. The van der Waals surface area contributed by atoms with Crippen LogP contribution in [0.1, 0.15) is 44.7 Å². The molecule has 29 heavy (non-hydrogen) atoms. The second kappa shape index (κ2) is 7.75. The molecule has 0 spiro atoms. The van der Waals surface area contributed by atoms with E-state index in [4.69, 9.17) is 0 Å². The number of carbonyl (C=O) groups excluding carboxylic acids is 2. The maximum absolute atomic E-state index is 13.6. The Labute approximate surface area is 170 Å². The van der Waals surface area contributed by atoms with Gasteiger partial charge in [-0.15, -0.1) is 0 Å². The number of nitrogens with zero attached hydrogens (tertiary/aromatic N) is 4. The third-order valence-corrected chi connectivity index (χ3v) is 6.68. The van der Waals surface area contributed by atoms with Crippen LogP contribution in [0.4, 0.5) is 4.39 Å². The summed E-state index contributed by atoms with van der Waals surface area (Å²) in [5.74, 6) is -0.467. The van der Waals surface area contributed by atoms with Crippen LogP contribution in [0, 0.1) is 23.1 Å². The van der Waals surface area contributed by atoms with Crippen molar-refractivity contribution in [2.75, 3.05) is 19.6 Å². The van der Waals surface area contributed by atoms with E-state index in [9.17, 15) is 19.2 Å². The number of nitriles is 1. The number of halogens is 1. The van der Waals surface area contributed by atoms with Crippen molar-refractivity contribution in [2.45, 2.75) is 57.3 Å². The quantitative estimate of drug-likeness (QED) is 0.763. The van der Waals surface area contributed by atoms with E-state index in [0.29, 0.717) is 13.1 Å². The maximum Gasteiger partial charge on any atom is 0.240 e. The van der Waals surface area contributed by atoms with Gasteiger partial charge in [0.25, 0.3) is 0 Å². The van der Waals surface area contributed by atoms with Crippen molar-refractivity contribution in [2.24, 2.45) is 5.92 Å². The highest BCUT2D eigenvalue weighted by molar-refractivity contribution is 5.86. The molecule has 3 aliphatic heterocycles. The van der Waals surface area contributed by atoms with Gasteiger partial charge in [-0.05, 0) is 43.9 Å². The number of fused-ring (bicyclic) bond motifs is 2. The number of hydrogen-bond donors (Lipinski definition) is 0. The lowest BCUT2D eigenvalue weighted by Crippen LogP contribution is -2.53. The number of amides is 2. The molecule has 0 saturated carbocycles. The van der Waals surface area contributed by atoms with Gasteiger partial charge in [0, 0.05) is 31.6 Å². The molecule has 3 aliphatic rings. The summed E-state index contributed by atoms with van der Waals surface area (Å²) >= 11 is 0. The topological polar surface area (TPSA) is 67.7 Å². The predicted octanol–water partition coefficient (Wildman–Crippen LogP) is 2.32. The largest absolute Gasteiger partial charge is 0.330 e. The number of benzene rings is 1. The van der Waals surface area contributed by atoms with Gasteiger partial charge in [0.05, 0.1) is 18.2 Å². The van der Waals surface area contributed by atoms with Gasteiger partial charge in [-0.25, -0.2) is 4.39 Å². The summed E-state index contributed by atoms with van der Waals surface area (Å²) in [6.07, 6.45) is 2.37. The Morgan fingerprint density at radius 3 is 2.86 bits per heavy atom. The molecular formula is C22H27FN4O2. The number of carbonyl (C=O) groups is 2. The SMILES string of the molecule is C[C@@H](CN1CC2C[C@@H]1C(=O)N2[C@@H](C)c1cccc(F)c1)C(=O)N1CCC[C@H]1C#N. The molecule has 2 bridgehead atoms. The lowest BCUT2D eigenvalue weighted by Gasteiger charge is -2.38. The molecule has 1 unspecified atom stereocenters. The minimum atomic E-state index is -0.316. The zero-order valence-corrected chi connectivity index (χ0v) is 16.9. The van der Waals surface area contributed by atoms with E-state index in [1.54, 1.807) is 11.0 Å². The molecule has 1 aromatic carbocycles. The van der Waals surface area contributed by atoms with E-state index in [-0.39, 0.29) is 47.7 Å². The van der Waals surface area contributed by atoms with E-state index in [0.717, 1.165) is 31.4 Å². The average molecular weight is 398 g/mol. The highest BCUT2D eigenvalue weighted by Crippen LogP contribution is 2.38. The zero-order valence-electron chi connectivity index (χ0n) is 16.9. The standard InChI is InChI=1S/C22H27FN4O2/c1-14(21(28)26-8-4-7-18(26)11-24)12-25-13-19-10-20(25)22(29)27(19)15(2)16-5-3-6-17(23)9-16/h3,5-6,9,14-15,18-20H,4,7-8,10,12-13H2,1-2H3/t14-,15-,18-,19?,20+/m0/s1. The normalized spacial score (nSPS) is 28.6. The van der Waals surface area contributed by atoms with Crippen molar-refractivity contribution < 1.29 is 14.0 Å². The summed E-state index contributed by atoms with van der Waals surface area (Å²) < 4.78 is 13.6. The van der Waals surface area contributed by atoms with Crippen molar-refractivity contribution in [3.63, 3.8) is 0 Å². The lowest BCUT2D eigenvalue weighted by molar-refractivity contribution is -0.142. The number of rotatable bonds is 5. The van der Waals surface area contributed by atoms with E-state index >= 15 is 0 Å².